The van der Waals surface area contributed by atoms with Gasteiger partial charge in [-0.25, -0.2) is 0 Å². The van der Waals surface area contributed by atoms with Gasteiger partial charge in [0.15, 0.2) is 0 Å². The lowest BCUT2D eigenvalue weighted by molar-refractivity contribution is -0.123. The highest BCUT2D eigenvalue weighted by Crippen LogP contribution is 2.16. The maximum atomic E-state index is 12.3. The molecule has 0 aromatic rings. The number of rotatable bonds is 43. The molecule has 0 saturated heterocycles. The molecule has 0 rings (SSSR count). The molecule has 312 valence electrons. The van der Waals surface area contributed by atoms with Gasteiger partial charge >= 0.3 is 0 Å². The third-order valence-corrected chi connectivity index (χ3v) is 10.8. The highest BCUT2D eigenvalue weighted by atomic mass is 16.3. The molecule has 0 fully saturated rings. The maximum Gasteiger partial charge on any atom is 0.220 e. The average Bonchev–Trinajstić information content (AvgIpc) is 3.16. The molecule has 0 spiro atoms. The third kappa shape index (κ3) is 41.6. The van der Waals surface area contributed by atoms with Crippen LogP contribution in [-0.2, 0) is 4.79 Å². The molecule has 0 saturated carbocycles. The highest BCUT2D eigenvalue weighted by molar-refractivity contribution is 5.76. The molecule has 0 aromatic heterocycles. The van der Waals surface area contributed by atoms with Gasteiger partial charge in [-0.1, -0.05) is 230 Å². The number of unbranched alkanes of at least 4 members (excludes halogenated alkanes) is 32. The van der Waals surface area contributed by atoms with Crippen LogP contribution in [0.5, 0.6) is 0 Å². The molecule has 53 heavy (non-hydrogen) atoms. The van der Waals surface area contributed by atoms with E-state index >= 15 is 0 Å². The number of aliphatic hydroxyl groups is 2. The molecule has 1 amide bonds. The van der Waals surface area contributed by atoms with Crippen molar-refractivity contribution in [1.82, 2.24) is 5.32 Å². The predicted octanol–water partition coefficient (Wildman–Crippen LogP) is 15.0. The van der Waals surface area contributed by atoms with E-state index < -0.39 is 12.1 Å². The Kier molecular flexibility index (Phi) is 43.8. The lowest BCUT2D eigenvalue weighted by Crippen LogP contribution is -2.45. The Morgan fingerprint density at radius 2 is 0.755 bits per heavy atom. The fraction of sp³-hybridized carbons (Fsp3) is 0.857. The van der Waals surface area contributed by atoms with Crippen molar-refractivity contribution in [2.24, 2.45) is 0 Å². The number of amides is 1. The molecule has 0 aliphatic rings. The van der Waals surface area contributed by atoms with E-state index in [4.69, 9.17) is 0 Å². The first-order valence-corrected chi connectivity index (χ1v) is 23.7. The molecule has 2 unspecified atom stereocenters. The number of nitrogens with one attached hydrogen (secondary N) is 1. The minimum Gasteiger partial charge on any atom is -0.394 e. The fourth-order valence-corrected chi connectivity index (χ4v) is 7.18. The molecule has 0 radical (unpaired) electrons. The number of carbonyl (C=O) groups excluding carboxylic acids is 1. The molecule has 4 nitrogen and oxygen atoms in total. The summed E-state index contributed by atoms with van der Waals surface area (Å²) in [5.41, 5.74) is 0. The molecule has 4 heteroatoms. The average molecular weight is 744 g/mol. The molecule has 0 aliphatic heterocycles. The zero-order valence-electron chi connectivity index (χ0n) is 35.8. The van der Waals surface area contributed by atoms with Gasteiger partial charge in [-0.3, -0.25) is 4.79 Å². The van der Waals surface area contributed by atoms with Crippen molar-refractivity contribution in [2.45, 2.75) is 264 Å². The summed E-state index contributed by atoms with van der Waals surface area (Å²) < 4.78 is 0. The minimum absolute atomic E-state index is 0.0842. The molecule has 0 bridgehead atoms. The Labute approximate surface area is 331 Å². The zero-order valence-corrected chi connectivity index (χ0v) is 35.8. The van der Waals surface area contributed by atoms with Crippen LogP contribution in [-0.4, -0.2) is 34.9 Å². The second-order valence-corrected chi connectivity index (χ2v) is 16.2. The summed E-state index contributed by atoms with van der Waals surface area (Å²) in [6.07, 6.45) is 60.0. The SMILES string of the molecule is CCCC/C=C\CCCCCCCC(=O)NC(CO)C(O)/C=C/CC/C=C/CCCCCCCCCCCCCCCCCCCCCCCCCC. The number of allylic oxidation sites excluding steroid dienone is 5. The number of hydrogen-bond acceptors (Lipinski definition) is 3. The largest absolute Gasteiger partial charge is 0.394 e. The topological polar surface area (TPSA) is 69.6 Å². The molecular weight excluding hydrogens is 651 g/mol. The van der Waals surface area contributed by atoms with Gasteiger partial charge in [0.05, 0.1) is 18.8 Å². The number of aliphatic hydroxyl groups excluding tert-OH is 2. The quantitative estimate of drug-likeness (QED) is 0.0430. The molecular formula is C49H93NO3. The molecule has 0 aliphatic carbocycles. The lowest BCUT2D eigenvalue weighted by atomic mass is 10.0. The van der Waals surface area contributed by atoms with Gasteiger partial charge in [0.25, 0.3) is 0 Å². The first kappa shape index (κ1) is 51.6. The van der Waals surface area contributed by atoms with E-state index in [1.54, 1.807) is 6.08 Å². The van der Waals surface area contributed by atoms with E-state index in [2.05, 4.69) is 43.5 Å². The summed E-state index contributed by atoms with van der Waals surface area (Å²) in [7, 11) is 0. The van der Waals surface area contributed by atoms with E-state index in [0.29, 0.717) is 6.42 Å². The Bertz CT molecular complexity index is 806. The Morgan fingerprint density at radius 1 is 0.434 bits per heavy atom. The van der Waals surface area contributed by atoms with Crippen LogP contribution in [0.25, 0.3) is 0 Å². The van der Waals surface area contributed by atoms with Crippen molar-refractivity contribution >= 4 is 5.91 Å². The van der Waals surface area contributed by atoms with Crippen molar-refractivity contribution < 1.29 is 15.0 Å². The fourth-order valence-electron chi connectivity index (χ4n) is 7.18. The van der Waals surface area contributed by atoms with Crippen LogP contribution in [0.1, 0.15) is 251 Å². The number of carbonyl (C=O) groups is 1. The number of hydrogen-bond donors (Lipinski definition) is 3. The van der Waals surface area contributed by atoms with E-state index in [-0.39, 0.29) is 12.5 Å². The van der Waals surface area contributed by atoms with Crippen molar-refractivity contribution in [1.29, 1.82) is 0 Å². The summed E-state index contributed by atoms with van der Waals surface area (Å²) in [5, 5.41) is 22.9. The van der Waals surface area contributed by atoms with Crippen LogP contribution in [0.15, 0.2) is 36.5 Å². The van der Waals surface area contributed by atoms with Gasteiger partial charge in [-0.15, -0.1) is 0 Å². The van der Waals surface area contributed by atoms with Gasteiger partial charge in [0.1, 0.15) is 0 Å². The Morgan fingerprint density at radius 3 is 1.15 bits per heavy atom. The minimum atomic E-state index is -0.864. The summed E-state index contributed by atoms with van der Waals surface area (Å²) >= 11 is 0. The summed E-state index contributed by atoms with van der Waals surface area (Å²) in [6, 6.07) is -0.641. The van der Waals surface area contributed by atoms with Gasteiger partial charge in [-0.05, 0) is 51.4 Å². The van der Waals surface area contributed by atoms with Crippen LogP contribution in [0.4, 0.5) is 0 Å². The van der Waals surface area contributed by atoms with Gasteiger partial charge in [0, 0.05) is 6.42 Å². The Hall–Kier alpha value is -1.39. The van der Waals surface area contributed by atoms with Crippen LogP contribution in [0.3, 0.4) is 0 Å². The normalized spacial score (nSPS) is 13.2. The first-order chi connectivity index (χ1) is 26.2. The smallest absolute Gasteiger partial charge is 0.220 e. The second kappa shape index (κ2) is 45.0. The van der Waals surface area contributed by atoms with Gasteiger partial charge in [0.2, 0.25) is 5.91 Å². The first-order valence-electron chi connectivity index (χ1n) is 23.7. The zero-order chi connectivity index (χ0) is 38.6. The molecule has 2 atom stereocenters. The van der Waals surface area contributed by atoms with Gasteiger partial charge < -0.3 is 15.5 Å². The lowest BCUT2D eigenvalue weighted by Gasteiger charge is -2.19. The van der Waals surface area contributed by atoms with Gasteiger partial charge in [-0.2, -0.15) is 0 Å². The molecule has 0 heterocycles. The second-order valence-electron chi connectivity index (χ2n) is 16.2. The highest BCUT2D eigenvalue weighted by Gasteiger charge is 2.17. The third-order valence-electron chi connectivity index (χ3n) is 10.8. The van der Waals surface area contributed by atoms with Crippen molar-refractivity contribution in [3.05, 3.63) is 36.5 Å². The molecule has 0 aromatic carbocycles. The van der Waals surface area contributed by atoms with E-state index in [0.717, 1.165) is 44.9 Å². The summed E-state index contributed by atoms with van der Waals surface area (Å²) in [5.74, 6) is -0.0842. The summed E-state index contributed by atoms with van der Waals surface area (Å²) in [4.78, 5) is 12.3. The van der Waals surface area contributed by atoms with Crippen LogP contribution in [0.2, 0.25) is 0 Å². The van der Waals surface area contributed by atoms with Crippen molar-refractivity contribution in [3.8, 4) is 0 Å². The van der Waals surface area contributed by atoms with Crippen molar-refractivity contribution in [3.63, 3.8) is 0 Å². The summed E-state index contributed by atoms with van der Waals surface area (Å²) in [6.45, 7) is 4.26. The van der Waals surface area contributed by atoms with Crippen LogP contribution >= 0.6 is 0 Å². The van der Waals surface area contributed by atoms with Crippen LogP contribution < -0.4 is 5.32 Å². The monoisotopic (exact) mass is 744 g/mol. The van der Waals surface area contributed by atoms with Crippen LogP contribution in [0, 0.1) is 0 Å². The maximum absolute atomic E-state index is 12.3. The van der Waals surface area contributed by atoms with E-state index in [9.17, 15) is 15.0 Å². The predicted molar refractivity (Wildman–Crippen MR) is 235 cm³/mol. The standard InChI is InChI=1S/C49H93NO3/c1-3-5-7-9-11-13-15-16-17-18-19-20-21-22-23-24-25-26-27-28-29-30-31-32-33-35-36-38-40-42-44-48(52)47(46-51)50-49(53)45-43-41-39-37-34-14-12-10-8-6-4-2/h10,12,35-36,42,44,47-48,51-52H,3-9,11,13-34,37-41,43,45-46H2,1-2H3,(H,50,53)/b12-10-,36-35+,44-42+. The van der Waals surface area contributed by atoms with E-state index in [1.807, 2.05) is 6.08 Å². The Balaban J connectivity index is 3.49. The van der Waals surface area contributed by atoms with Crippen molar-refractivity contribution in [2.75, 3.05) is 6.61 Å². The van der Waals surface area contributed by atoms with E-state index in [1.165, 1.54) is 186 Å². The molecule has 3 N–H and O–H groups in total.